The summed E-state index contributed by atoms with van der Waals surface area (Å²) in [6.07, 6.45) is 0. The third kappa shape index (κ3) is 3.90. The second-order valence-corrected chi connectivity index (χ2v) is 6.10. The Balaban J connectivity index is 2.39. The molecule has 1 aromatic carbocycles. The lowest BCUT2D eigenvalue weighted by Crippen LogP contribution is -2.17. The Labute approximate surface area is 124 Å². The summed E-state index contributed by atoms with van der Waals surface area (Å²) in [5.74, 6) is 1.83. The first kappa shape index (κ1) is 15.2. The van der Waals surface area contributed by atoms with Gasteiger partial charge in [0, 0.05) is 24.2 Å². The monoisotopic (exact) mass is 288 g/mol. The van der Waals surface area contributed by atoms with E-state index in [0.29, 0.717) is 11.5 Å². The van der Waals surface area contributed by atoms with Crippen LogP contribution in [0.15, 0.2) is 24.3 Å². The molecule has 0 aliphatic carbocycles. The highest BCUT2D eigenvalue weighted by atomic mass is 19.1. The summed E-state index contributed by atoms with van der Waals surface area (Å²) in [6, 6.07) is 6.62. The van der Waals surface area contributed by atoms with Crippen LogP contribution in [0.4, 0.5) is 21.7 Å². The largest absolute Gasteiger partial charge is 0.373 e. The topological polar surface area (TPSA) is 49.8 Å². The van der Waals surface area contributed by atoms with Crippen LogP contribution in [0.25, 0.3) is 0 Å². The van der Waals surface area contributed by atoms with Gasteiger partial charge in [-0.15, -0.1) is 0 Å². The number of nitrogens with zero attached hydrogens (tertiary/aromatic N) is 2. The van der Waals surface area contributed by atoms with E-state index >= 15 is 0 Å². The molecule has 5 heteroatoms. The lowest BCUT2D eigenvalue weighted by Gasteiger charge is -2.19. The fourth-order valence-corrected chi connectivity index (χ4v) is 1.93. The van der Waals surface area contributed by atoms with E-state index in [2.05, 4.69) is 41.4 Å². The number of aryl methyl sites for hydroxylation is 1. The summed E-state index contributed by atoms with van der Waals surface area (Å²) in [7, 11) is 1.81. The van der Waals surface area contributed by atoms with Gasteiger partial charge in [-0.3, -0.25) is 0 Å². The number of halogens is 1. The van der Waals surface area contributed by atoms with Crippen molar-refractivity contribution < 1.29 is 4.39 Å². The van der Waals surface area contributed by atoms with Gasteiger partial charge in [-0.1, -0.05) is 20.8 Å². The number of nitrogens with one attached hydrogen (secondary N) is 2. The van der Waals surface area contributed by atoms with Gasteiger partial charge in [0.15, 0.2) is 0 Å². The van der Waals surface area contributed by atoms with Crippen LogP contribution < -0.4 is 10.6 Å². The normalized spacial score (nSPS) is 11.3. The first-order valence-corrected chi connectivity index (χ1v) is 6.89. The average Bonchev–Trinajstić information content (AvgIpc) is 2.36. The molecule has 0 aliphatic heterocycles. The Bertz CT molecular complexity index is 627. The van der Waals surface area contributed by atoms with Gasteiger partial charge >= 0.3 is 0 Å². The van der Waals surface area contributed by atoms with Crippen molar-refractivity contribution in [3.8, 4) is 0 Å². The smallest absolute Gasteiger partial charge is 0.138 e. The van der Waals surface area contributed by atoms with Gasteiger partial charge in [-0.2, -0.15) is 0 Å². The predicted octanol–water partition coefficient (Wildman–Crippen LogP) is 4.01. The highest BCUT2D eigenvalue weighted by Gasteiger charge is 2.19. The van der Waals surface area contributed by atoms with Crippen molar-refractivity contribution in [3.63, 3.8) is 0 Å². The molecular weight excluding hydrogens is 267 g/mol. The molecule has 2 N–H and O–H groups in total. The Hall–Kier alpha value is -2.17. The number of rotatable bonds is 3. The van der Waals surface area contributed by atoms with E-state index in [0.717, 1.165) is 17.2 Å². The molecule has 2 rings (SSSR count). The minimum Gasteiger partial charge on any atom is -0.373 e. The zero-order valence-corrected chi connectivity index (χ0v) is 13.1. The second-order valence-electron chi connectivity index (χ2n) is 6.10. The fraction of sp³-hybridized carbons (Fsp3) is 0.375. The van der Waals surface area contributed by atoms with Gasteiger partial charge in [0.1, 0.15) is 23.3 Å². The molecule has 112 valence electrons. The van der Waals surface area contributed by atoms with Crippen LogP contribution in [-0.2, 0) is 5.41 Å². The minimum absolute atomic E-state index is 0.166. The first-order valence-electron chi connectivity index (χ1n) is 6.89. The Morgan fingerprint density at radius 2 is 1.67 bits per heavy atom. The summed E-state index contributed by atoms with van der Waals surface area (Å²) >= 11 is 0. The summed E-state index contributed by atoms with van der Waals surface area (Å²) < 4.78 is 13.5. The van der Waals surface area contributed by atoms with Gasteiger partial charge in [0.25, 0.3) is 0 Å². The molecule has 0 spiro atoms. The van der Waals surface area contributed by atoms with Crippen LogP contribution in [0.5, 0.6) is 0 Å². The molecule has 2 aromatic rings. The molecular formula is C16H21FN4. The third-order valence-electron chi connectivity index (χ3n) is 2.97. The quantitative estimate of drug-likeness (QED) is 0.896. The molecule has 0 aliphatic rings. The average molecular weight is 288 g/mol. The number of anilines is 3. The maximum atomic E-state index is 13.5. The molecule has 0 amide bonds. The zero-order valence-electron chi connectivity index (χ0n) is 13.1. The van der Waals surface area contributed by atoms with E-state index < -0.39 is 0 Å². The molecule has 0 atom stereocenters. The fourth-order valence-electron chi connectivity index (χ4n) is 1.93. The molecule has 0 radical (unpaired) electrons. The summed E-state index contributed by atoms with van der Waals surface area (Å²) in [4.78, 5) is 8.99. The molecule has 1 heterocycles. The SMILES string of the molecule is CNc1cc(Nc2cc(C)cc(F)c2)nc(C(C)(C)C)n1. The van der Waals surface area contributed by atoms with E-state index in [9.17, 15) is 4.39 Å². The summed E-state index contributed by atoms with van der Waals surface area (Å²) in [6.45, 7) is 8.02. The lowest BCUT2D eigenvalue weighted by molar-refractivity contribution is 0.547. The van der Waals surface area contributed by atoms with Crippen molar-refractivity contribution in [1.29, 1.82) is 0 Å². The van der Waals surface area contributed by atoms with Crippen molar-refractivity contribution in [2.45, 2.75) is 33.1 Å². The predicted molar refractivity (Wildman–Crippen MR) is 84.7 cm³/mol. The van der Waals surface area contributed by atoms with Gasteiger partial charge in [-0.25, -0.2) is 14.4 Å². The number of hydrogen-bond acceptors (Lipinski definition) is 4. The molecule has 0 saturated carbocycles. The van der Waals surface area contributed by atoms with E-state index in [4.69, 9.17) is 0 Å². The van der Waals surface area contributed by atoms with Gasteiger partial charge in [-0.05, 0) is 30.7 Å². The molecule has 0 fully saturated rings. The highest BCUT2D eigenvalue weighted by Crippen LogP contribution is 2.24. The van der Waals surface area contributed by atoms with Crippen LogP contribution in [0.3, 0.4) is 0 Å². The maximum absolute atomic E-state index is 13.5. The Kier molecular flexibility index (Phi) is 4.11. The summed E-state index contributed by atoms with van der Waals surface area (Å²) in [5, 5.41) is 6.16. The van der Waals surface area contributed by atoms with Crippen LogP contribution in [0.1, 0.15) is 32.2 Å². The Morgan fingerprint density at radius 3 is 2.24 bits per heavy atom. The standard InChI is InChI=1S/C16H21FN4/c1-10-6-11(17)8-12(7-10)19-14-9-13(18-5)20-15(21-14)16(2,3)4/h6-9H,1-5H3,(H2,18,19,20,21). The van der Waals surface area contributed by atoms with Crippen molar-refractivity contribution in [2.24, 2.45) is 0 Å². The maximum Gasteiger partial charge on any atom is 0.138 e. The van der Waals surface area contributed by atoms with E-state index in [1.807, 2.05) is 20.0 Å². The zero-order chi connectivity index (χ0) is 15.6. The number of hydrogen-bond donors (Lipinski definition) is 2. The number of benzene rings is 1. The Morgan fingerprint density at radius 1 is 1.00 bits per heavy atom. The van der Waals surface area contributed by atoms with Crippen molar-refractivity contribution in [3.05, 3.63) is 41.5 Å². The highest BCUT2D eigenvalue weighted by molar-refractivity contribution is 5.60. The number of aromatic nitrogens is 2. The molecule has 4 nitrogen and oxygen atoms in total. The van der Waals surface area contributed by atoms with Crippen molar-refractivity contribution in [1.82, 2.24) is 9.97 Å². The van der Waals surface area contributed by atoms with Crippen molar-refractivity contribution in [2.75, 3.05) is 17.7 Å². The first-order chi connectivity index (χ1) is 9.77. The molecule has 0 bridgehead atoms. The lowest BCUT2D eigenvalue weighted by atomic mass is 9.96. The molecule has 0 saturated heterocycles. The molecule has 21 heavy (non-hydrogen) atoms. The van der Waals surface area contributed by atoms with Crippen LogP contribution >= 0.6 is 0 Å². The van der Waals surface area contributed by atoms with Crippen LogP contribution in [0.2, 0.25) is 0 Å². The van der Waals surface area contributed by atoms with Gasteiger partial charge in [0.05, 0.1) is 0 Å². The van der Waals surface area contributed by atoms with Crippen LogP contribution in [-0.4, -0.2) is 17.0 Å². The van der Waals surface area contributed by atoms with E-state index in [1.54, 1.807) is 6.07 Å². The van der Waals surface area contributed by atoms with E-state index in [1.165, 1.54) is 12.1 Å². The second kappa shape index (κ2) is 5.68. The van der Waals surface area contributed by atoms with Crippen molar-refractivity contribution >= 4 is 17.3 Å². The van der Waals surface area contributed by atoms with E-state index in [-0.39, 0.29) is 11.2 Å². The molecule has 0 unspecified atom stereocenters. The third-order valence-corrected chi connectivity index (χ3v) is 2.97. The minimum atomic E-state index is -0.267. The molecule has 1 aromatic heterocycles. The van der Waals surface area contributed by atoms with Gasteiger partial charge < -0.3 is 10.6 Å². The summed E-state index contributed by atoms with van der Waals surface area (Å²) in [5.41, 5.74) is 1.37. The van der Waals surface area contributed by atoms with Gasteiger partial charge in [0.2, 0.25) is 0 Å². The van der Waals surface area contributed by atoms with Crippen LogP contribution in [0, 0.1) is 12.7 Å².